The molecule has 0 saturated carbocycles. The minimum Gasteiger partial charge on any atom is -0.313 e. The third kappa shape index (κ3) is 3.21. The molecule has 0 heterocycles. The summed E-state index contributed by atoms with van der Waals surface area (Å²) >= 11 is 0. The predicted octanol–water partition coefficient (Wildman–Crippen LogP) is 4.22. The van der Waals surface area contributed by atoms with Gasteiger partial charge in [0.15, 0.2) is 0 Å². The number of halogens is 1. The van der Waals surface area contributed by atoms with E-state index in [4.69, 9.17) is 0 Å². The van der Waals surface area contributed by atoms with Gasteiger partial charge in [0.1, 0.15) is 5.82 Å². The van der Waals surface area contributed by atoms with Crippen molar-refractivity contribution in [3.8, 4) is 11.1 Å². The molecule has 0 atom stereocenters. The SMILES string of the molecule is CCNCc1ccc(-c2ccc(F)cc2C)c(C)c1. The van der Waals surface area contributed by atoms with E-state index in [1.807, 2.05) is 13.0 Å². The van der Waals surface area contributed by atoms with Gasteiger partial charge in [-0.3, -0.25) is 0 Å². The zero-order valence-electron chi connectivity index (χ0n) is 11.8. The molecule has 0 spiro atoms. The minimum absolute atomic E-state index is 0.178. The lowest BCUT2D eigenvalue weighted by atomic mass is 9.95. The number of hydrogen-bond donors (Lipinski definition) is 1. The molecule has 0 aromatic heterocycles. The fourth-order valence-corrected chi connectivity index (χ4v) is 2.34. The first-order chi connectivity index (χ1) is 9.11. The van der Waals surface area contributed by atoms with Crippen molar-refractivity contribution in [3.05, 3.63) is 58.9 Å². The Balaban J connectivity index is 2.35. The summed E-state index contributed by atoms with van der Waals surface area (Å²) in [4.78, 5) is 0. The molecule has 0 amide bonds. The average Bonchev–Trinajstić information content (AvgIpc) is 2.37. The second kappa shape index (κ2) is 5.98. The molecule has 2 aromatic carbocycles. The van der Waals surface area contributed by atoms with Crippen LogP contribution < -0.4 is 5.32 Å². The minimum atomic E-state index is -0.178. The van der Waals surface area contributed by atoms with Gasteiger partial charge in [-0.1, -0.05) is 31.2 Å². The van der Waals surface area contributed by atoms with Gasteiger partial charge in [-0.05, 0) is 60.3 Å². The number of benzene rings is 2. The smallest absolute Gasteiger partial charge is 0.123 e. The van der Waals surface area contributed by atoms with Gasteiger partial charge in [-0.25, -0.2) is 4.39 Å². The van der Waals surface area contributed by atoms with Crippen molar-refractivity contribution < 1.29 is 4.39 Å². The third-order valence-electron chi connectivity index (χ3n) is 3.35. The van der Waals surface area contributed by atoms with Crippen molar-refractivity contribution in [1.29, 1.82) is 0 Å². The van der Waals surface area contributed by atoms with Crippen LogP contribution >= 0.6 is 0 Å². The van der Waals surface area contributed by atoms with Gasteiger partial charge in [0.25, 0.3) is 0 Å². The maximum atomic E-state index is 13.2. The number of rotatable bonds is 4. The van der Waals surface area contributed by atoms with Gasteiger partial charge < -0.3 is 5.32 Å². The van der Waals surface area contributed by atoms with Crippen molar-refractivity contribution in [3.63, 3.8) is 0 Å². The van der Waals surface area contributed by atoms with Crippen LogP contribution in [-0.2, 0) is 6.54 Å². The van der Waals surface area contributed by atoms with Crippen LogP contribution in [-0.4, -0.2) is 6.54 Å². The molecule has 100 valence electrons. The molecule has 0 aliphatic rings. The molecule has 19 heavy (non-hydrogen) atoms. The first-order valence-corrected chi connectivity index (χ1v) is 6.68. The number of aryl methyl sites for hydroxylation is 2. The van der Waals surface area contributed by atoms with E-state index in [1.165, 1.54) is 22.8 Å². The molecule has 2 aromatic rings. The predicted molar refractivity (Wildman–Crippen MR) is 78.7 cm³/mol. The monoisotopic (exact) mass is 257 g/mol. The number of nitrogens with one attached hydrogen (secondary N) is 1. The Morgan fingerprint density at radius 2 is 1.58 bits per heavy atom. The summed E-state index contributed by atoms with van der Waals surface area (Å²) in [6, 6.07) is 11.4. The molecule has 0 bridgehead atoms. The van der Waals surface area contributed by atoms with E-state index in [1.54, 1.807) is 6.07 Å². The highest BCUT2D eigenvalue weighted by Gasteiger charge is 2.06. The van der Waals surface area contributed by atoms with Crippen molar-refractivity contribution in [1.82, 2.24) is 5.32 Å². The lowest BCUT2D eigenvalue weighted by Gasteiger charge is -2.11. The van der Waals surface area contributed by atoms with Crippen LogP contribution in [0.1, 0.15) is 23.6 Å². The highest BCUT2D eigenvalue weighted by atomic mass is 19.1. The van der Waals surface area contributed by atoms with Crippen molar-refractivity contribution in [2.24, 2.45) is 0 Å². The van der Waals surface area contributed by atoms with Crippen LogP contribution in [0.2, 0.25) is 0 Å². The lowest BCUT2D eigenvalue weighted by molar-refractivity contribution is 0.627. The first-order valence-electron chi connectivity index (χ1n) is 6.68. The van der Waals surface area contributed by atoms with Crippen molar-refractivity contribution in [2.45, 2.75) is 27.3 Å². The average molecular weight is 257 g/mol. The van der Waals surface area contributed by atoms with E-state index in [2.05, 4.69) is 37.4 Å². The van der Waals surface area contributed by atoms with Gasteiger partial charge in [0, 0.05) is 6.54 Å². The molecular weight excluding hydrogens is 237 g/mol. The molecule has 2 rings (SSSR count). The quantitative estimate of drug-likeness (QED) is 0.864. The Hall–Kier alpha value is -1.67. The fourth-order valence-electron chi connectivity index (χ4n) is 2.34. The van der Waals surface area contributed by atoms with E-state index in [0.29, 0.717) is 0 Å². The molecule has 0 radical (unpaired) electrons. The Morgan fingerprint density at radius 3 is 2.16 bits per heavy atom. The van der Waals surface area contributed by atoms with Crippen LogP contribution in [0.25, 0.3) is 11.1 Å². The summed E-state index contributed by atoms with van der Waals surface area (Å²) in [6.45, 7) is 8.01. The number of hydrogen-bond acceptors (Lipinski definition) is 1. The maximum absolute atomic E-state index is 13.2. The summed E-state index contributed by atoms with van der Waals surface area (Å²) in [5.41, 5.74) is 5.77. The second-order valence-electron chi connectivity index (χ2n) is 4.89. The molecule has 0 fully saturated rings. The van der Waals surface area contributed by atoms with E-state index in [-0.39, 0.29) is 5.82 Å². The normalized spacial score (nSPS) is 10.7. The van der Waals surface area contributed by atoms with Crippen LogP contribution in [0.15, 0.2) is 36.4 Å². The zero-order valence-corrected chi connectivity index (χ0v) is 11.8. The molecule has 0 aliphatic carbocycles. The summed E-state index contributed by atoms with van der Waals surface area (Å²) in [6.07, 6.45) is 0. The van der Waals surface area contributed by atoms with E-state index in [0.717, 1.165) is 24.2 Å². The molecule has 0 unspecified atom stereocenters. The van der Waals surface area contributed by atoms with E-state index in [9.17, 15) is 4.39 Å². The molecular formula is C17H20FN. The summed E-state index contributed by atoms with van der Waals surface area (Å²) < 4.78 is 13.2. The standard InChI is InChI=1S/C17H20FN/c1-4-19-11-14-5-7-16(12(2)9-14)17-8-6-15(18)10-13(17)3/h5-10,19H,4,11H2,1-3H3. The first kappa shape index (κ1) is 13.8. The summed E-state index contributed by atoms with van der Waals surface area (Å²) in [7, 11) is 0. The van der Waals surface area contributed by atoms with E-state index >= 15 is 0 Å². The van der Waals surface area contributed by atoms with Crippen LogP contribution in [0.5, 0.6) is 0 Å². The second-order valence-corrected chi connectivity index (χ2v) is 4.89. The Kier molecular flexibility index (Phi) is 4.33. The van der Waals surface area contributed by atoms with Gasteiger partial charge in [-0.15, -0.1) is 0 Å². The largest absolute Gasteiger partial charge is 0.313 e. The summed E-state index contributed by atoms with van der Waals surface area (Å²) in [5.74, 6) is -0.178. The van der Waals surface area contributed by atoms with Gasteiger partial charge in [0.2, 0.25) is 0 Å². The van der Waals surface area contributed by atoms with Crippen LogP contribution in [0.3, 0.4) is 0 Å². The Morgan fingerprint density at radius 1 is 0.947 bits per heavy atom. The fraction of sp³-hybridized carbons (Fsp3) is 0.294. The Bertz CT molecular complexity index is 575. The topological polar surface area (TPSA) is 12.0 Å². The highest BCUT2D eigenvalue weighted by molar-refractivity contribution is 5.70. The van der Waals surface area contributed by atoms with Crippen LogP contribution in [0, 0.1) is 19.7 Å². The molecule has 2 heteroatoms. The van der Waals surface area contributed by atoms with E-state index < -0.39 is 0 Å². The van der Waals surface area contributed by atoms with Crippen molar-refractivity contribution >= 4 is 0 Å². The molecule has 0 saturated heterocycles. The third-order valence-corrected chi connectivity index (χ3v) is 3.35. The zero-order chi connectivity index (χ0) is 13.8. The lowest BCUT2D eigenvalue weighted by Crippen LogP contribution is -2.11. The molecule has 1 N–H and O–H groups in total. The molecule has 1 nitrogen and oxygen atoms in total. The Labute approximate surface area is 114 Å². The van der Waals surface area contributed by atoms with Crippen molar-refractivity contribution in [2.75, 3.05) is 6.54 Å². The summed E-state index contributed by atoms with van der Waals surface area (Å²) in [5, 5.41) is 3.32. The maximum Gasteiger partial charge on any atom is 0.123 e. The van der Waals surface area contributed by atoms with Gasteiger partial charge in [-0.2, -0.15) is 0 Å². The molecule has 0 aliphatic heterocycles. The highest BCUT2D eigenvalue weighted by Crippen LogP contribution is 2.27. The van der Waals surface area contributed by atoms with Crippen LogP contribution in [0.4, 0.5) is 4.39 Å². The van der Waals surface area contributed by atoms with Gasteiger partial charge >= 0.3 is 0 Å². The van der Waals surface area contributed by atoms with Gasteiger partial charge in [0.05, 0.1) is 0 Å².